The van der Waals surface area contributed by atoms with Gasteiger partial charge in [0.2, 0.25) is 5.89 Å². The van der Waals surface area contributed by atoms with Gasteiger partial charge in [-0.15, -0.1) is 0 Å². The van der Waals surface area contributed by atoms with Crippen LogP contribution in [0.15, 0.2) is 28.7 Å². The molecule has 2 heterocycles. The zero-order chi connectivity index (χ0) is 14.1. The van der Waals surface area contributed by atoms with Crippen LogP contribution in [0, 0.1) is 5.92 Å². The summed E-state index contributed by atoms with van der Waals surface area (Å²) in [7, 11) is 0. The first-order valence-corrected chi connectivity index (χ1v) is 6.95. The number of benzene rings is 1. The van der Waals surface area contributed by atoms with Crippen molar-refractivity contribution in [1.29, 1.82) is 0 Å². The Morgan fingerprint density at radius 1 is 1.50 bits per heavy atom. The molecule has 2 atom stereocenters. The van der Waals surface area contributed by atoms with Crippen molar-refractivity contribution >= 4 is 17.1 Å². The fourth-order valence-electron chi connectivity index (χ4n) is 2.84. The van der Waals surface area contributed by atoms with Crippen molar-refractivity contribution < 1.29 is 14.3 Å². The molecule has 5 heteroatoms. The fourth-order valence-corrected chi connectivity index (χ4v) is 2.84. The van der Waals surface area contributed by atoms with Crippen molar-refractivity contribution in [2.24, 2.45) is 5.92 Å². The first-order chi connectivity index (χ1) is 9.63. The van der Waals surface area contributed by atoms with Gasteiger partial charge in [-0.05, 0) is 38.4 Å². The molecule has 0 amide bonds. The summed E-state index contributed by atoms with van der Waals surface area (Å²) in [6, 6.07) is 7.95. The van der Waals surface area contributed by atoms with E-state index in [2.05, 4.69) is 16.8 Å². The molecular formula is C15H18N2O3. The Morgan fingerprint density at radius 2 is 2.30 bits per heavy atom. The third-order valence-corrected chi connectivity index (χ3v) is 4.04. The van der Waals surface area contributed by atoms with E-state index >= 15 is 0 Å². The van der Waals surface area contributed by atoms with E-state index in [1.165, 1.54) is 0 Å². The molecule has 1 aromatic carbocycles. The summed E-state index contributed by atoms with van der Waals surface area (Å²) in [5.74, 6) is -0.199. The number of piperidine rings is 1. The van der Waals surface area contributed by atoms with Crippen molar-refractivity contribution in [1.82, 2.24) is 9.88 Å². The molecule has 1 fully saturated rings. The molecule has 2 aromatic rings. The van der Waals surface area contributed by atoms with Crippen LogP contribution in [-0.4, -0.2) is 33.5 Å². The monoisotopic (exact) mass is 274 g/mol. The Hall–Kier alpha value is -1.88. The number of rotatable bonds is 3. The van der Waals surface area contributed by atoms with Crippen LogP contribution in [-0.2, 0) is 11.3 Å². The third-order valence-electron chi connectivity index (χ3n) is 4.04. The molecule has 3 rings (SSSR count). The number of carboxylic acid groups (broad SMARTS) is 1. The smallest absolute Gasteiger partial charge is 0.306 e. The molecule has 0 saturated carbocycles. The number of para-hydroxylation sites is 2. The Labute approximate surface area is 117 Å². The SMILES string of the molecule is CC1CC(C(=O)O)CCN1Cc1nc2ccccc2o1. The Kier molecular flexibility index (Phi) is 3.44. The highest BCUT2D eigenvalue weighted by Crippen LogP contribution is 2.25. The first kappa shape index (κ1) is 13.1. The lowest BCUT2D eigenvalue weighted by molar-refractivity contribution is -0.144. The Balaban J connectivity index is 1.70. The summed E-state index contributed by atoms with van der Waals surface area (Å²) in [6.07, 6.45) is 1.38. The van der Waals surface area contributed by atoms with Gasteiger partial charge < -0.3 is 9.52 Å². The molecule has 106 valence electrons. The van der Waals surface area contributed by atoms with Gasteiger partial charge in [0, 0.05) is 6.04 Å². The number of hydrogen-bond donors (Lipinski definition) is 1. The fraction of sp³-hybridized carbons (Fsp3) is 0.467. The van der Waals surface area contributed by atoms with Gasteiger partial charge in [0.05, 0.1) is 12.5 Å². The van der Waals surface area contributed by atoms with Crippen LogP contribution in [0.2, 0.25) is 0 Å². The Bertz CT molecular complexity index is 589. The molecule has 1 aliphatic heterocycles. The predicted molar refractivity (Wildman–Crippen MR) is 74.2 cm³/mol. The number of aliphatic carboxylic acids is 1. The highest BCUT2D eigenvalue weighted by atomic mass is 16.4. The van der Waals surface area contributed by atoms with E-state index in [-0.39, 0.29) is 12.0 Å². The van der Waals surface area contributed by atoms with Crippen LogP contribution in [0.5, 0.6) is 0 Å². The van der Waals surface area contributed by atoms with Gasteiger partial charge in [-0.2, -0.15) is 0 Å². The maximum atomic E-state index is 11.0. The molecule has 20 heavy (non-hydrogen) atoms. The van der Waals surface area contributed by atoms with Crippen LogP contribution in [0.3, 0.4) is 0 Å². The molecule has 0 radical (unpaired) electrons. The molecule has 0 bridgehead atoms. The largest absolute Gasteiger partial charge is 0.481 e. The van der Waals surface area contributed by atoms with Crippen LogP contribution in [0.4, 0.5) is 0 Å². The van der Waals surface area contributed by atoms with Gasteiger partial charge in [0.15, 0.2) is 5.58 Å². The molecule has 5 nitrogen and oxygen atoms in total. The van der Waals surface area contributed by atoms with E-state index < -0.39 is 5.97 Å². The maximum absolute atomic E-state index is 11.0. The highest BCUT2D eigenvalue weighted by molar-refractivity contribution is 5.72. The third kappa shape index (κ3) is 2.54. The van der Waals surface area contributed by atoms with E-state index in [9.17, 15) is 4.79 Å². The van der Waals surface area contributed by atoms with E-state index in [0.717, 1.165) is 17.6 Å². The van der Waals surface area contributed by atoms with Gasteiger partial charge in [-0.3, -0.25) is 9.69 Å². The average Bonchev–Trinajstić information content (AvgIpc) is 2.83. The lowest BCUT2D eigenvalue weighted by Gasteiger charge is -2.35. The number of aromatic nitrogens is 1. The molecule has 1 aromatic heterocycles. The van der Waals surface area contributed by atoms with Crippen molar-refractivity contribution in [3.05, 3.63) is 30.2 Å². The Morgan fingerprint density at radius 3 is 3.00 bits per heavy atom. The van der Waals surface area contributed by atoms with Crippen LogP contribution >= 0.6 is 0 Å². The van der Waals surface area contributed by atoms with Gasteiger partial charge in [0.25, 0.3) is 0 Å². The molecular weight excluding hydrogens is 256 g/mol. The quantitative estimate of drug-likeness (QED) is 0.931. The minimum atomic E-state index is -0.682. The number of nitrogens with zero attached hydrogens (tertiary/aromatic N) is 2. The average molecular weight is 274 g/mol. The summed E-state index contributed by atoms with van der Waals surface area (Å²) in [5, 5.41) is 9.08. The lowest BCUT2D eigenvalue weighted by Crippen LogP contribution is -2.42. The van der Waals surface area contributed by atoms with Crippen molar-refractivity contribution in [2.45, 2.75) is 32.4 Å². The number of oxazole rings is 1. The number of likely N-dealkylation sites (tertiary alicyclic amines) is 1. The number of carboxylic acids is 1. The summed E-state index contributed by atoms with van der Waals surface area (Å²) >= 11 is 0. The molecule has 1 N–H and O–H groups in total. The van der Waals surface area contributed by atoms with E-state index in [0.29, 0.717) is 25.3 Å². The molecule has 0 spiro atoms. The zero-order valence-corrected chi connectivity index (χ0v) is 11.5. The summed E-state index contributed by atoms with van der Waals surface area (Å²) in [4.78, 5) is 17.7. The molecule has 1 aliphatic rings. The maximum Gasteiger partial charge on any atom is 0.306 e. The molecule has 1 saturated heterocycles. The zero-order valence-electron chi connectivity index (χ0n) is 11.5. The summed E-state index contributed by atoms with van der Waals surface area (Å²) < 4.78 is 5.72. The summed E-state index contributed by atoms with van der Waals surface area (Å²) in [5.41, 5.74) is 1.67. The number of carbonyl (C=O) groups is 1. The lowest BCUT2D eigenvalue weighted by atomic mass is 9.92. The highest BCUT2D eigenvalue weighted by Gasteiger charge is 2.30. The second-order valence-electron chi connectivity index (χ2n) is 5.45. The van der Waals surface area contributed by atoms with Crippen molar-refractivity contribution in [3.63, 3.8) is 0 Å². The van der Waals surface area contributed by atoms with Crippen molar-refractivity contribution in [2.75, 3.05) is 6.54 Å². The number of hydrogen-bond acceptors (Lipinski definition) is 4. The van der Waals surface area contributed by atoms with Crippen LogP contribution in [0.25, 0.3) is 11.1 Å². The molecule has 2 unspecified atom stereocenters. The topological polar surface area (TPSA) is 66.6 Å². The number of fused-ring (bicyclic) bond motifs is 1. The van der Waals surface area contributed by atoms with Gasteiger partial charge >= 0.3 is 5.97 Å². The predicted octanol–water partition coefficient (Wildman–Crippen LogP) is 2.51. The van der Waals surface area contributed by atoms with E-state index in [1.807, 2.05) is 24.3 Å². The summed E-state index contributed by atoms with van der Waals surface area (Å²) in [6.45, 7) is 3.48. The van der Waals surface area contributed by atoms with Crippen LogP contribution < -0.4 is 0 Å². The van der Waals surface area contributed by atoms with Gasteiger partial charge in [-0.25, -0.2) is 4.98 Å². The van der Waals surface area contributed by atoms with E-state index in [4.69, 9.17) is 9.52 Å². The first-order valence-electron chi connectivity index (χ1n) is 6.95. The van der Waals surface area contributed by atoms with E-state index in [1.54, 1.807) is 0 Å². The van der Waals surface area contributed by atoms with Gasteiger partial charge in [0.1, 0.15) is 5.52 Å². The molecule has 0 aliphatic carbocycles. The minimum Gasteiger partial charge on any atom is -0.481 e. The normalized spacial score (nSPS) is 24.1. The minimum absolute atomic E-state index is 0.218. The second kappa shape index (κ2) is 5.25. The van der Waals surface area contributed by atoms with Crippen LogP contribution in [0.1, 0.15) is 25.7 Å². The van der Waals surface area contributed by atoms with Crippen molar-refractivity contribution in [3.8, 4) is 0 Å². The van der Waals surface area contributed by atoms with Gasteiger partial charge in [-0.1, -0.05) is 12.1 Å². The standard InChI is InChI=1S/C15H18N2O3/c1-10-8-11(15(18)19)6-7-17(10)9-14-16-12-4-2-3-5-13(12)20-14/h2-5,10-11H,6-9H2,1H3,(H,18,19). The second-order valence-corrected chi connectivity index (χ2v) is 5.45.